The molecule has 21 heavy (non-hydrogen) atoms. The molecule has 0 spiro atoms. The number of benzene rings is 1. The van der Waals surface area contributed by atoms with Crippen LogP contribution in [0.4, 0.5) is 0 Å². The minimum atomic E-state index is 0. The van der Waals surface area contributed by atoms with Crippen LogP contribution in [0.1, 0.15) is 30.1 Å². The van der Waals surface area contributed by atoms with Gasteiger partial charge in [0.05, 0.1) is 0 Å². The fourth-order valence-corrected chi connectivity index (χ4v) is 3.07. The van der Waals surface area contributed by atoms with Gasteiger partial charge in [-0.15, -0.1) is 12.4 Å². The molecule has 1 aliphatic rings. The van der Waals surface area contributed by atoms with Gasteiger partial charge in [0.25, 0.3) is 5.91 Å². The van der Waals surface area contributed by atoms with Crippen LogP contribution in [0.25, 0.3) is 0 Å². The maximum absolute atomic E-state index is 12.4. The molecule has 0 aliphatic carbocycles. The minimum absolute atomic E-state index is 0. The van der Waals surface area contributed by atoms with E-state index in [1.54, 1.807) is 18.2 Å². The Morgan fingerprint density at radius 2 is 1.81 bits per heavy atom. The van der Waals surface area contributed by atoms with Crippen molar-refractivity contribution in [2.45, 2.75) is 19.8 Å². The molecule has 1 amide bonds. The normalized spacial score (nSPS) is 15.7. The van der Waals surface area contributed by atoms with E-state index in [0.29, 0.717) is 21.5 Å². The molecule has 6 heteroatoms. The molecule has 0 unspecified atom stereocenters. The van der Waals surface area contributed by atoms with Crippen LogP contribution in [-0.2, 0) is 0 Å². The van der Waals surface area contributed by atoms with Crippen molar-refractivity contribution in [3.8, 4) is 0 Å². The van der Waals surface area contributed by atoms with Crippen molar-refractivity contribution in [3.63, 3.8) is 0 Å². The third-order valence-corrected chi connectivity index (χ3v) is 4.13. The predicted octanol–water partition coefficient (Wildman–Crippen LogP) is 3.88. The summed E-state index contributed by atoms with van der Waals surface area (Å²) in [6.45, 7) is 5.77. The molecule has 2 rings (SSSR count). The maximum atomic E-state index is 12.4. The minimum Gasteiger partial charge on any atom is -0.339 e. The summed E-state index contributed by atoms with van der Waals surface area (Å²) < 4.78 is 0. The van der Waals surface area contributed by atoms with Crippen LogP contribution in [0.5, 0.6) is 0 Å². The number of hydrogen-bond acceptors (Lipinski definition) is 2. The summed E-state index contributed by atoms with van der Waals surface area (Å²) in [6, 6.07) is 5.00. The maximum Gasteiger partial charge on any atom is 0.253 e. The smallest absolute Gasteiger partial charge is 0.253 e. The molecule has 118 valence electrons. The number of rotatable bonds is 4. The van der Waals surface area contributed by atoms with Crippen molar-refractivity contribution in [1.82, 2.24) is 10.2 Å². The van der Waals surface area contributed by atoms with Crippen LogP contribution in [0.2, 0.25) is 10.0 Å². The number of piperidine rings is 1. The van der Waals surface area contributed by atoms with Gasteiger partial charge in [0.2, 0.25) is 0 Å². The summed E-state index contributed by atoms with van der Waals surface area (Å²) in [6.07, 6.45) is 2.10. The number of nitrogens with zero attached hydrogens (tertiary/aromatic N) is 1. The average molecular weight is 352 g/mol. The van der Waals surface area contributed by atoms with Crippen molar-refractivity contribution in [1.29, 1.82) is 0 Å². The van der Waals surface area contributed by atoms with E-state index in [0.717, 1.165) is 39.0 Å². The topological polar surface area (TPSA) is 32.3 Å². The Morgan fingerprint density at radius 1 is 1.24 bits per heavy atom. The number of nitrogens with one attached hydrogen (secondary N) is 1. The first-order valence-corrected chi connectivity index (χ1v) is 7.82. The van der Waals surface area contributed by atoms with E-state index in [4.69, 9.17) is 23.2 Å². The summed E-state index contributed by atoms with van der Waals surface area (Å²) >= 11 is 11.9. The van der Waals surface area contributed by atoms with Crippen molar-refractivity contribution >= 4 is 41.5 Å². The zero-order valence-corrected chi connectivity index (χ0v) is 14.4. The second-order valence-corrected chi connectivity index (χ2v) is 6.07. The van der Waals surface area contributed by atoms with Gasteiger partial charge >= 0.3 is 0 Å². The van der Waals surface area contributed by atoms with Gasteiger partial charge in [0, 0.05) is 28.7 Å². The lowest BCUT2D eigenvalue weighted by Crippen LogP contribution is -2.40. The van der Waals surface area contributed by atoms with Gasteiger partial charge in [-0.3, -0.25) is 4.79 Å². The fraction of sp³-hybridized carbons (Fsp3) is 0.533. The predicted molar refractivity (Wildman–Crippen MR) is 90.9 cm³/mol. The van der Waals surface area contributed by atoms with Crippen LogP contribution in [0.3, 0.4) is 0 Å². The average Bonchev–Trinajstić information content (AvgIpc) is 2.44. The number of halogens is 3. The number of amides is 1. The third-order valence-electron chi connectivity index (χ3n) is 3.69. The van der Waals surface area contributed by atoms with Crippen molar-refractivity contribution in [2.75, 3.05) is 26.2 Å². The van der Waals surface area contributed by atoms with E-state index >= 15 is 0 Å². The lowest BCUT2D eigenvalue weighted by molar-refractivity contribution is 0.0690. The SMILES string of the molecule is CCNCC1CCN(C(=O)c2cc(Cl)cc(Cl)c2)CC1.Cl. The molecule has 0 atom stereocenters. The standard InChI is InChI=1S/C15H20Cl2N2O.ClH/c1-2-18-10-11-3-5-19(6-4-11)15(20)12-7-13(16)9-14(17)8-12;/h7-9,11,18H,2-6,10H2,1H3;1H. The highest BCUT2D eigenvalue weighted by Crippen LogP contribution is 2.23. The second-order valence-electron chi connectivity index (χ2n) is 5.20. The van der Waals surface area contributed by atoms with Crippen molar-refractivity contribution in [3.05, 3.63) is 33.8 Å². The lowest BCUT2D eigenvalue weighted by Gasteiger charge is -2.32. The molecule has 1 aliphatic heterocycles. The van der Waals surface area contributed by atoms with Gasteiger partial charge in [-0.25, -0.2) is 0 Å². The quantitative estimate of drug-likeness (QED) is 0.893. The molecule has 1 saturated heterocycles. The molecule has 1 heterocycles. The number of likely N-dealkylation sites (tertiary alicyclic amines) is 1. The molecule has 0 aromatic heterocycles. The first kappa shape index (κ1) is 18.6. The molecule has 0 saturated carbocycles. The highest BCUT2D eigenvalue weighted by molar-refractivity contribution is 6.35. The van der Waals surface area contributed by atoms with Crippen molar-refractivity contribution in [2.24, 2.45) is 5.92 Å². The molecule has 1 fully saturated rings. The number of carbonyl (C=O) groups excluding carboxylic acids is 1. The first-order chi connectivity index (χ1) is 9.60. The number of carbonyl (C=O) groups is 1. The molecule has 0 radical (unpaired) electrons. The van der Waals surface area contributed by atoms with Crippen molar-refractivity contribution < 1.29 is 4.79 Å². The van der Waals surface area contributed by atoms with Crippen LogP contribution >= 0.6 is 35.6 Å². The fourth-order valence-electron chi connectivity index (χ4n) is 2.55. The zero-order chi connectivity index (χ0) is 14.5. The van der Waals surface area contributed by atoms with E-state index < -0.39 is 0 Å². The van der Waals surface area contributed by atoms with Gasteiger partial charge in [0.15, 0.2) is 0 Å². The van der Waals surface area contributed by atoms with E-state index in [1.165, 1.54) is 0 Å². The third kappa shape index (κ3) is 5.33. The second kappa shape index (κ2) is 8.84. The molecule has 3 nitrogen and oxygen atoms in total. The summed E-state index contributed by atoms with van der Waals surface area (Å²) in [5.74, 6) is 0.693. The van der Waals surface area contributed by atoms with Gasteiger partial charge in [-0.05, 0) is 50.0 Å². The van der Waals surface area contributed by atoms with Gasteiger partial charge in [-0.1, -0.05) is 30.1 Å². The summed E-state index contributed by atoms with van der Waals surface area (Å²) in [7, 11) is 0. The van der Waals surface area contributed by atoms with E-state index in [1.807, 2.05) is 4.90 Å². The summed E-state index contributed by atoms with van der Waals surface area (Å²) in [4.78, 5) is 14.3. The Morgan fingerprint density at radius 3 is 2.33 bits per heavy atom. The monoisotopic (exact) mass is 350 g/mol. The zero-order valence-electron chi connectivity index (χ0n) is 12.1. The Balaban J connectivity index is 0.00000220. The molecule has 1 aromatic rings. The van der Waals surface area contributed by atoms with Crippen LogP contribution < -0.4 is 5.32 Å². The Hall–Kier alpha value is -0.480. The number of hydrogen-bond donors (Lipinski definition) is 1. The molecular formula is C15H21Cl3N2O. The van der Waals surface area contributed by atoms with Crippen LogP contribution in [0, 0.1) is 5.92 Å². The summed E-state index contributed by atoms with van der Waals surface area (Å²) in [5.41, 5.74) is 0.577. The highest BCUT2D eigenvalue weighted by Gasteiger charge is 2.23. The van der Waals surface area contributed by atoms with Gasteiger partial charge in [0.1, 0.15) is 0 Å². The van der Waals surface area contributed by atoms with E-state index in [2.05, 4.69) is 12.2 Å². The Bertz CT molecular complexity index is 454. The largest absolute Gasteiger partial charge is 0.339 e. The van der Waals surface area contributed by atoms with Gasteiger partial charge in [-0.2, -0.15) is 0 Å². The molecular weight excluding hydrogens is 331 g/mol. The molecule has 0 bridgehead atoms. The van der Waals surface area contributed by atoms with E-state index in [9.17, 15) is 4.79 Å². The van der Waals surface area contributed by atoms with E-state index in [-0.39, 0.29) is 18.3 Å². The molecule has 1 aromatic carbocycles. The lowest BCUT2D eigenvalue weighted by atomic mass is 9.96. The van der Waals surface area contributed by atoms with Crippen LogP contribution in [-0.4, -0.2) is 37.0 Å². The summed E-state index contributed by atoms with van der Waals surface area (Å²) in [5, 5.41) is 4.38. The highest BCUT2D eigenvalue weighted by atomic mass is 35.5. The van der Waals surface area contributed by atoms with Crippen LogP contribution in [0.15, 0.2) is 18.2 Å². The van der Waals surface area contributed by atoms with Gasteiger partial charge < -0.3 is 10.2 Å². The molecule has 1 N–H and O–H groups in total. The Kier molecular flexibility index (Phi) is 7.82. The first-order valence-electron chi connectivity index (χ1n) is 7.06. The Labute approximate surface area is 142 Å².